The fourth-order valence-electron chi connectivity index (χ4n) is 2.96. The molecule has 0 radical (unpaired) electrons. The van der Waals surface area contributed by atoms with Gasteiger partial charge in [-0.05, 0) is 60.9 Å². The smallest absolute Gasteiger partial charge is 0.344 e. The summed E-state index contributed by atoms with van der Waals surface area (Å²) in [7, 11) is 3.01. The molecule has 0 aliphatic carbocycles. The number of rotatable bonds is 12. The molecule has 0 fully saturated rings. The van der Waals surface area contributed by atoms with Gasteiger partial charge in [-0.2, -0.15) is 5.10 Å². The van der Waals surface area contributed by atoms with Crippen LogP contribution in [0.25, 0.3) is 0 Å². The maximum absolute atomic E-state index is 12.7. The van der Waals surface area contributed by atoms with E-state index in [0.29, 0.717) is 28.4 Å². The molecule has 1 atom stereocenters. The number of hydrogen-bond acceptors (Lipinski definition) is 8. The minimum Gasteiger partial charge on any atom is -0.497 e. The van der Waals surface area contributed by atoms with E-state index in [4.69, 9.17) is 18.9 Å². The van der Waals surface area contributed by atoms with Crippen LogP contribution in [0.1, 0.15) is 36.7 Å². The van der Waals surface area contributed by atoms with E-state index in [1.165, 1.54) is 13.3 Å². The van der Waals surface area contributed by atoms with Crippen molar-refractivity contribution in [2.45, 2.75) is 26.8 Å². The van der Waals surface area contributed by atoms with Gasteiger partial charge in [-0.15, -0.1) is 0 Å². The maximum Gasteiger partial charge on any atom is 0.344 e. The number of nitrogens with one attached hydrogen (secondary N) is 2. The number of amides is 2. The van der Waals surface area contributed by atoms with Gasteiger partial charge in [-0.1, -0.05) is 13.8 Å². The van der Waals surface area contributed by atoms with E-state index < -0.39 is 17.9 Å². The summed E-state index contributed by atoms with van der Waals surface area (Å²) in [6, 6.07) is 10.7. The summed E-state index contributed by atoms with van der Waals surface area (Å²) in [5.41, 5.74) is 3.48. The summed E-state index contributed by atoms with van der Waals surface area (Å²) < 4.78 is 20.6. The molecule has 2 aromatic rings. The number of carbonyl (C=O) groups is 3. The van der Waals surface area contributed by atoms with Crippen LogP contribution in [0.5, 0.6) is 17.2 Å². The first-order valence-electron chi connectivity index (χ1n) is 11.0. The molecule has 0 aromatic heterocycles. The van der Waals surface area contributed by atoms with Gasteiger partial charge in [0.2, 0.25) is 0 Å². The Morgan fingerprint density at radius 3 is 2.31 bits per heavy atom. The molecule has 2 aromatic carbocycles. The van der Waals surface area contributed by atoms with Crippen LogP contribution in [0.3, 0.4) is 0 Å². The van der Waals surface area contributed by atoms with E-state index in [-0.39, 0.29) is 25.0 Å². The predicted molar refractivity (Wildman–Crippen MR) is 130 cm³/mol. The summed E-state index contributed by atoms with van der Waals surface area (Å²) in [4.78, 5) is 36.7. The van der Waals surface area contributed by atoms with Crippen LogP contribution in [-0.4, -0.2) is 57.5 Å². The van der Waals surface area contributed by atoms with Crippen LogP contribution in [0, 0.1) is 5.92 Å². The van der Waals surface area contributed by atoms with E-state index in [1.54, 1.807) is 56.5 Å². The van der Waals surface area contributed by atoms with Crippen LogP contribution in [0.4, 0.5) is 0 Å². The number of nitrogens with zero attached hydrogens (tertiary/aromatic N) is 1. The van der Waals surface area contributed by atoms with Gasteiger partial charge in [0.25, 0.3) is 11.8 Å². The first-order valence-corrected chi connectivity index (χ1v) is 11.0. The third-order valence-corrected chi connectivity index (χ3v) is 4.81. The van der Waals surface area contributed by atoms with Crippen molar-refractivity contribution in [1.82, 2.24) is 10.7 Å². The fraction of sp³-hybridized carbons (Fsp3) is 0.360. The first kappa shape index (κ1) is 27.2. The highest BCUT2D eigenvalue weighted by Gasteiger charge is 2.24. The quantitative estimate of drug-likeness (QED) is 0.269. The van der Waals surface area contributed by atoms with Gasteiger partial charge in [-0.3, -0.25) is 9.59 Å². The summed E-state index contributed by atoms with van der Waals surface area (Å²) in [6.45, 7) is 5.38. The van der Waals surface area contributed by atoms with Gasteiger partial charge in [0.15, 0.2) is 18.1 Å². The minimum absolute atomic E-state index is 0.177. The predicted octanol–water partition coefficient (Wildman–Crippen LogP) is 2.55. The van der Waals surface area contributed by atoms with Crippen molar-refractivity contribution in [3.63, 3.8) is 0 Å². The van der Waals surface area contributed by atoms with Gasteiger partial charge in [0.05, 0.1) is 27.0 Å². The maximum atomic E-state index is 12.7. The SMILES string of the molecule is CCOC(=O)COc1ccc(C=NNC(=O)C(NC(=O)c2ccc(OC)cc2)C(C)C)cc1OC. The van der Waals surface area contributed by atoms with Crippen LogP contribution >= 0.6 is 0 Å². The molecule has 2 N–H and O–H groups in total. The lowest BCUT2D eigenvalue weighted by Crippen LogP contribution is -2.48. The molecule has 0 saturated carbocycles. The fourth-order valence-corrected chi connectivity index (χ4v) is 2.96. The second-order valence-electron chi connectivity index (χ2n) is 7.66. The molecule has 0 aliphatic rings. The zero-order valence-corrected chi connectivity index (χ0v) is 20.5. The number of benzene rings is 2. The third-order valence-electron chi connectivity index (χ3n) is 4.81. The minimum atomic E-state index is -0.796. The highest BCUT2D eigenvalue weighted by Crippen LogP contribution is 2.27. The molecule has 0 bridgehead atoms. The van der Waals surface area contributed by atoms with Crippen LogP contribution < -0.4 is 25.0 Å². The Kier molecular flexibility index (Phi) is 10.5. The van der Waals surface area contributed by atoms with Crippen LogP contribution in [0.2, 0.25) is 0 Å². The molecular weight excluding hydrogens is 454 g/mol. The van der Waals surface area contributed by atoms with E-state index in [1.807, 2.05) is 13.8 Å². The largest absolute Gasteiger partial charge is 0.497 e. The molecule has 2 amide bonds. The molecule has 10 heteroatoms. The summed E-state index contributed by atoms with van der Waals surface area (Å²) >= 11 is 0. The number of methoxy groups -OCH3 is 2. The summed E-state index contributed by atoms with van der Waals surface area (Å²) in [6.07, 6.45) is 1.43. The molecule has 0 heterocycles. The van der Waals surface area contributed by atoms with Crippen molar-refractivity contribution in [3.8, 4) is 17.2 Å². The second-order valence-corrected chi connectivity index (χ2v) is 7.66. The normalized spacial score (nSPS) is 11.6. The van der Waals surface area contributed by atoms with Crippen molar-refractivity contribution in [2.24, 2.45) is 11.0 Å². The van der Waals surface area contributed by atoms with E-state index in [0.717, 1.165) is 0 Å². The Labute approximate surface area is 204 Å². The number of hydrazone groups is 1. The summed E-state index contributed by atoms with van der Waals surface area (Å²) in [5.74, 6) is -0.124. The van der Waals surface area contributed by atoms with Gasteiger partial charge in [0, 0.05) is 5.56 Å². The Hall–Kier alpha value is -4.08. The zero-order chi connectivity index (χ0) is 25.8. The third kappa shape index (κ3) is 8.33. The Morgan fingerprint density at radius 1 is 1.00 bits per heavy atom. The molecule has 0 aliphatic heterocycles. The summed E-state index contributed by atoms with van der Waals surface area (Å²) in [5, 5.41) is 6.72. The van der Waals surface area contributed by atoms with E-state index >= 15 is 0 Å². The van der Waals surface area contributed by atoms with Crippen molar-refractivity contribution < 1.29 is 33.3 Å². The lowest BCUT2D eigenvalue weighted by molar-refractivity contribution is -0.145. The monoisotopic (exact) mass is 485 g/mol. The molecule has 35 heavy (non-hydrogen) atoms. The van der Waals surface area contributed by atoms with E-state index in [9.17, 15) is 14.4 Å². The lowest BCUT2D eigenvalue weighted by Gasteiger charge is -2.20. The van der Waals surface area contributed by atoms with E-state index in [2.05, 4.69) is 15.8 Å². The van der Waals surface area contributed by atoms with Gasteiger partial charge in [0.1, 0.15) is 11.8 Å². The number of hydrogen-bond donors (Lipinski definition) is 2. The van der Waals surface area contributed by atoms with Crippen LogP contribution in [-0.2, 0) is 14.3 Å². The van der Waals surface area contributed by atoms with Crippen molar-refractivity contribution in [1.29, 1.82) is 0 Å². The Balaban J connectivity index is 2.00. The standard InChI is InChI=1S/C25H31N3O7/c1-6-34-22(29)15-35-20-12-7-17(13-21(20)33-5)14-26-28-25(31)23(16(2)3)27-24(30)18-8-10-19(32-4)11-9-18/h7-14,16,23H,6,15H2,1-5H3,(H,27,30)(H,28,31). The van der Waals surface area contributed by atoms with Gasteiger partial charge in [-0.25, -0.2) is 10.2 Å². The molecule has 1 unspecified atom stereocenters. The second kappa shape index (κ2) is 13.6. The lowest BCUT2D eigenvalue weighted by atomic mass is 10.0. The molecule has 10 nitrogen and oxygen atoms in total. The molecular formula is C25H31N3O7. The average molecular weight is 486 g/mol. The Bertz CT molecular complexity index is 1040. The molecule has 0 spiro atoms. The highest BCUT2D eigenvalue weighted by molar-refractivity contribution is 5.97. The molecule has 2 rings (SSSR count). The van der Waals surface area contributed by atoms with Crippen molar-refractivity contribution >= 4 is 24.0 Å². The highest BCUT2D eigenvalue weighted by atomic mass is 16.6. The number of ether oxygens (including phenoxy) is 4. The topological polar surface area (TPSA) is 125 Å². The van der Waals surface area contributed by atoms with Crippen molar-refractivity contribution in [3.05, 3.63) is 53.6 Å². The van der Waals surface area contributed by atoms with Gasteiger partial charge < -0.3 is 24.3 Å². The Morgan fingerprint density at radius 2 is 1.71 bits per heavy atom. The average Bonchev–Trinajstić information content (AvgIpc) is 2.86. The zero-order valence-electron chi connectivity index (χ0n) is 20.5. The van der Waals surface area contributed by atoms with Crippen molar-refractivity contribution in [2.75, 3.05) is 27.4 Å². The first-order chi connectivity index (χ1) is 16.8. The number of esters is 1. The van der Waals surface area contributed by atoms with Gasteiger partial charge >= 0.3 is 5.97 Å². The molecule has 188 valence electrons. The number of carbonyl (C=O) groups excluding carboxylic acids is 3. The molecule has 0 saturated heterocycles. The van der Waals surface area contributed by atoms with Crippen LogP contribution in [0.15, 0.2) is 47.6 Å².